The Bertz CT molecular complexity index is 1140. The van der Waals surface area contributed by atoms with Crippen LogP contribution in [0.5, 0.6) is 0 Å². The van der Waals surface area contributed by atoms with Crippen LogP contribution in [-0.2, 0) is 17.9 Å². The molecule has 0 bridgehead atoms. The topological polar surface area (TPSA) is 86.7 Å². The first-order valence-corrected chi connectivity index (χ1v) is 8.60. The maximum Gasteiger partial charge on any atom is 0.329 e. The molecule has 2 heterocycles. The zero-order valence-electron chi connectivity index (χ0n) is 14.7. The van der Waals surface area contributed by atoms with Crippen LogP contribution in [0.1, 0.15) is 6.92 Å². The number of benzene rings is 2. The summed E-state index contributed by atoms with van der Waals surface area (Å²) in [5.41, 5.74) is 2.88. The van der Waals surface area contributed by atoms with Gasteiger partial charge in [-0.3, -0.25) is 13.9 Å². The zero-order chi connectivity index (χ0) is 18.8. The molecular formula is C19H18N6O2. The van der Waals surface area contributed by atoms with E-state index in [0.29, 0.717) is 12.2 Å². The number of nitrogens with zero attached hydrogens (tertiary/aromatic N) is 5. The predicted molar refractivity (Wildman–Crippen MR) is 102 cm³/mol. The molecule has 0 atom stereocenters. The molecule has 0 spiro atoms. The fraction of sp³-hybridized carbons (Fsp3) is 0.158. The van der Waals surface area contributed by atoms with Gasteiger partial charge < -0.3 is 5.32 Å². The number of hydrogen-bond acceptors (Lipinski definition) is 4. The summed E-state index contributed by atoms with van der Waals surface area (Å²) in [6, 6.07) is 14.7. The fourth-order valence-corrected chi connectivity index (χ4v) is 3.11. The van der Waals surface area contributed by atoms with Crippen LogP contribution in [0, 0.1) is 0 Å². The van der Waals surface area contributed by atoms with E-state index in [1.165, 1.54) is 10.9 Å². The molecule has 0 saturated heterocycles. The van der Waals surface area contributed by atoms with Crippen molar-refractivity contribution in [3.8, 4) is 5.69 Å². The second-order valence-electron chi connectivity index (χ2n) is 6.04. The lowest BCUT2D eigenvalue weighted by molar-refractivity contribution is -0.116. The Morgan fingerprint density at radius 2 is 1.74 bits per heavy atom. The molecule has 136 valence electrons. The number of anilines is 1. The molecular weight excluding hydrogens is 344 g/mol. The van der Waals surface area contributed by atoms with Gasteiger partial charge in [0.25, 0.3) is 0 Å². The maximum atomic E-state index is 12.6. The van der Waals surface area contributed by atoms with Crippen molar-refractivity contribution in [3.05, 3.63) is 71.7 Å². The van der Waals surface area contributed by atoms with Gasteiger partial charge in [-0.25, -0.2) is 14.5 Å². The Kier molecular flexibility index (Phi) is 4.29. The minimum absolute atomic E-state index is 0.0445. The van der Waals surface area contributed by atoms with Crippen LogP contribution < -0.4 is 11.0 Å². The number of para-hydroxylation sites is 2. The van der Waals surface area contributed by atoms with Crippen molar-refractivity contribution in [1.82, 2.24) is 23.9 Å². The van der Waals surface area contributed by atoms with Gasteiger partial charge in [-0.15, -0.1) is 0 Å². The summed E-state index contributed by atoms with van der Waals surface area (Å²) >= 11 is 0. The monoisotopic (exact) mass is 362 g/mol. The van der Waals surface area contributed by atoms with E-state index >= 15 is 0 Å². The van der Waals surface area contributed by atoms with E-state index in [1.54, 1.807) is 27.7 Å². The average molecular weight is 362 g/mol. The van der Waals surface area contributed by atoms with E-state index in [4.69, 9.17) is 0 Å². The first-order chi connectivity index (χ1) is 13.2. The highest BCUT2D eigenvalue weighted by molar-refractivity contribution is 5.91. The number of imidazole rings is 1. The molecule has 0 unspecified atom stereocenters. The lowest BCUT2D eigenvalue weighted by Crippen LogP contribution is -2.29. The minimum Gasteiger partial charge on any atom is -0.325 e. The number of nitrogens with one attached hydrogen (secondary N) is 1. The molecule has 0 radical (unpaired) electrons. The van der Waals surface area contributed by atoms with Gasteiger partial charge >= 0.3 is 5.69 Å². The highest BCUT2D eigenvalue weighted by atomic mass is 16.2. The Morgan fingerprint density at radius 1 is 1.04 bits per heavy atom. The molecule has 8 heteroatoms. The standard InChI is InChI=1S/C19H18N6O2/c1-2-23-16-5-3-4-6-17(16)24(19(23)27)11-18(26)22-14-7-9-15(10-8-14)25-13-20-12-21-25/h3-10,12-13H,2,11H2,1H3,(H,22,26). The van der Waals surface area contributed by atoms with E-state index in [9.17, 15) is 9.59 Å². The van der Waals surface area contributed by atoms with Gasteiger partial charge in [0.05, 0.1) is 16.7 Å². The molecule has 4 rings (SSSR count). The summed E-state index contributed by atoms with van der Waals surface area (Å²) in [7, 11) is 0. The van der Waals surface area contributed by atoms with Gasteiger partial charge in [0.2, 0.25) is 5.91 Å². The highest BCUT2D eigenvalue weighted by Crippen LogP contribution is 2.14. The summed E-state index contributed by atoms with van der Waals surface area (Å²) < 4.78 is 4.79. The van der Waals surface area contributed by atoms with E-state index in [-0.39, 0.29) is 18.1 Å². The van der Waals surface area contributed by atoms with E-state index in [1.807, 2.05) is 43.3 Å². The van der Waals surface area contributed by atoms with Crippen LogP contribution in [0.3, 0.4) is 0 Å². The summed E-state index contributed by atoms with van der Waals surface area (Å²) in [4.78, 5) is 29.0. The predicted octanol–water partition coefficient (Wildman–Crippen LogP) is 2.04. The summed E-state index contributed by atoms with van der Waals surface area (Å²) in [6.07, 6.45) is 3.06. The van der Waals surface area contributed by atoms with E-state index < -0.39 is 0 Å². The van der Waals surface area contributed by atoms with Gasteiger partial charge in [-0.1, -0.05) is 12.1 Å². The van der Waals surface area contributed by atoms with E-state index in [0.717, 1.165) is 16.7 Å². The number of fused-ring (bicyclic) bond motifs is 1. The molecule has 4 aromatic rings. The molecule has 1 N–H and O–H groups in total. The van der Waals surface area contributed by atoms with Crippen LogP contribution in [0.2, 0.25) is 0 Å². The van der Waals surface area contributed by atoms with Gasteiger partial charge in [-0.05, 0) is 43.3 Å². The Balaban J connectivity index is 1.54. The molecule has 1 amide bonds. The van der Waals surface area contributed by atoms with Crippen LogP contribution in [-0.4, -0.2) is 29.8 Å². The number of carbonyl (C=O) groups is 1. The molecule has 8 nitrogen and oxygen atoms in total. The third-order valence-corrected chi connectivity index (χ3v) is 4.38. The SMILES string of the molecule is CCn1c(=O)n(CC(=O)Nc2ccc(-n3cncn3)cc2)c2ccccc21. The number of aryl methyl sites for hydroxylation is 1. The van der Waals surface area contributed by atoms with Gasteiger partial charge in [0.1, 0.15) is 19.2 Å². The zero-order valence-corrected chi connectivity index (χ0v) is 14.7. The number of hydrogen-bond donors (Lipinski definition) is 1. The molecule has 27 heavy (non-hydrogen) atoms. The van der Waals surface area contributed by atoms with E-state index in [2.05, 4.69) is 15.4 Å². The number of amides is 1. The van der Waals surface area contributed by atoms with Crippen molar-refractivity contribution in [1.29, 1.82) is 0 Å². The number of carbonyl (C=O) groups excluding carboxylic acids is 1. The molecule has 0 fully saturated rings. The maximum absolute atomic E-state index is 12.6. The summed E-state index contributed by atoms with van der Waals surface area (Å²) in [5.74, 6) is -0.260. The first-order valence-electron chi connectivity index (χ1n) is 8.60. The van der Waals surface area contributed by atoms with Gasteiger partial charge in [0.15, 0.2) is 0 Å². The average Bonchev–Trinajstić information content (AvgIpc) is 3.30. The number of rotatable bonds is 5. The Morgan fingerprint density at radius 3 is 2.37 bits per heavy atom. The van der Waals surface area contributed by atoms with Crippen LogP contribution in [0.25, 0.3) is 16.7 Å². The fourth-order valence-electron chi connectivity index (χ4n) is 3.11. The van der Waals surface area contributed by atoms with Crippen molar-refractivity contribution in [2.24, 2.45) is 0 Å². The lowest BCUT2D eigenvalue weighted by Gasteiger charge is -2.07. The lowest BCUT2D eigenvalue weighted by atomic mass is 10.3. The highest BCUT2D eigenvalue weighted by Gasteiger charge is 2.14. The van der Waals surface area contributed by atoms with Crippen molar-refractivity contribution in [2.45, 2.75) is 20.0 Å². The largest absolute Gasteiger partial charge is 0.329 e. The normalized spacial score (nSPS) is 11.0. The van der Waals surface area contributed by atoms with Gasteiger partial charge in [-0.2, -0.15) is 5.10 Å². The molecule has 2 aromatic heterocycles. The molecule has 0 aliphatic rings. The smallest absolute Gasteiger partial charge is 0.325 e. The van der Waals surface area contributed by atoms with Crippen molar-refractivity contribution in [3.63, 3.8) is 0 Å². The van der Waals surface area contributed by atoms with Crippen molar-refractivity contribution < 1.29 is 4.79 Å². The molecule has 0 saturated carbocycles. The second-order valence-corrected chi connectivity index (χ2v) is 6.04. The first kappa shape index (κ1) is 16.8. The quantitative estimate of drug-likeness (QED) is 0.589. The van der Waals surface area contributed by atoms with Crippen LogP contribution in [0.4, 0.5) is 5.69 Å². The third-order valence-electron chi connectivity index (χ3n) is 4.38. The minimum atomic E-state index is -0.260. The summed E-state index contributed by atoms with van der Waals surface area (Å²) in [5, 5.41) is 6.89. The number of aromatic nitrogens is 5. The van der Waals surface area contributed by atoms with Crippen LogP contribution >= 0.6 is 0 Å². The Labute approximate surface area is 154 Å². The molecule has 0 aliphatic carbocycles. The van der Waals surface area contributed by atoms with Crippen molar-refractivity contribution in [2.75, 3.05) is 5.32 Å². The molecule has 2 aromatic carbocycles. The second kappa shape index (κ2) is 6.91. The van der Waals surface area contributed by atoms with Crippen LogP contribution in [0.15, 0.2) is 66.0 Å². The summed E-state index contributed by atoms with van der Waals surface area (Å²) in [6.45, 7) is 2.42. The third kappa shape index (κ3) is 3.12. The van der Waals surface area contributed by atoms with Gasteiger partial charge in [0, 0.05) is 12.2 Å². The van der Waals surface area contributed by atoms with Crippen molar-refractivity contribution >= 4 is 22.6 Å². The Hall–Kier alpha value is -3.68. The molecule has 0 aliphatic heterocycles.